The second kappa shape index (κ2) is 6.95. The zero-order valence-electron chi connectivity index (χ0n) is 15.4. The molecule has 0 radical (unpaired) electrons. The van der Waals surface area contributed by atoms with Gasteiger partial charge in [0.25, 0.3) is 5.91 Å². The van der Waals surface area contributed by atoms with Gasteiger partial charge in [0, 0.05) is 5.39 Å². The van der Waals surface area contributed by atoms with E-state index in [2.05, 4.69) is 17.0 Å². The summed E-state index contributed by atoms with van der Waals surface area (Å²) in [5.41, 5.74) is 2.75. The summed E-state index contributed by atoms with van der Waals surface area (Å²) in [6.07, 6.45) is 5.53. The van der Waals surface area contributed by atoms with E-state index in [1.165, 1.54) is 17.4 Å². The summed E-state index contributed by atoms with van der Waals surface area (Å²) in [6, 6.07) is 12.6. The third kappa shape index (κ3) is 3.06. The minimum Gasteiger partial charge on any atom is -0.422 e. The Morgan fingerprint density at radius 1 is 1.25 bits per heavy atom. The molecule has 0 bridgehead atoms. The summed E-state index contributed by atoms with van der Waals surface area (Å²) in [4.78, 5) is 29.7. The fourth-order valence-corrected chi connectivity index (χ4v) is 4.48. The molecule has 0 atom stereocenters. The van der Waals surface area contributed by atoms with Crippen molar-refractivity contribution in [1.82, 2.24) is 4.57 Å². The summed E-state index contributed by atoms with van der Waals surface area (Å²) in [5, 5.41) is 0.667. The highest BCUT2D eigenvalue weighted by Crippen LogP contribution is 2.23. The number of hydrogen-bond donors (Lipinski definition) is 0. The summed E-state index contributed by atoms with van der Waals surface area (Å²) >= 11 is 1.37. The summed E-state index contributed by atoms with van der Waals surface area (Å²) < 4.78 is 8.07. The summed E-state index contributed by atoms with van der Waals surface area (Å²) in [7, 11) is 0. The van der Waals surface area contributed by atoms with E-state index in [4.69, 9.17) is 10.8 Å². The first kappa shape index (κ1) is 18.0. The van der Waals surface area contributed by atoms with Crippen LogP contribution in [0.5, 0.6) is 0 Å². The second-order valence-corrected chi connectivity index (χ2v) is 7.51. The number of thiazole rings is 1. The molecular formula is C22H16N2O3S. The summed E-state index contributed by atoms with van der Waals surface area (Å²) in [6.45, 7) is 4.29. The van der Waals surface area contributed by atoms with Crippen molar-refractivity contribution in [2.75, 3.05) is 0 Å². The van der Waals surface area contributed by atoms with Gasteiger partial charge in [-0.2, -0.15) is 4.99 Å². The Bertz CT molecular complexity index is 1410. The first-order valence-electron chi connectivity index (χ1n) is 8.64. The number of hydrogen-bond acceptors (Lipinski definition) is 4. The maximum Gasteiger partial charge on any atom is 0.349 e. The van der Waals surface area contributed by atoms with Crippen LogP contribution in [0.2, 0.25) is 0 Å². The van der Waals surface area contributed by atoms with Gasteiger partial charge in [-0.15, -0.1) is 6.42 Å². The third-order valence-corrected chi connectivity index (χ3v) is 5.46. The number of nitrogens with zero attached hydrogens (tertiary/aromatic N) is 2. The average Bonchev–Trinajstić information content (AvgIpc) is 2.98. The van der Waals surface area contributed by atoms with E-state index in [0.717, 1.165) is 21.3 Å². The zero-order chi connectivity index (χ0) is 19.8. The smallest absolute Gasteiger partial charge is 0.349 e. The quantitative estimate of drug-likeness (QED) is 0.388. The standard InChI is InChI=1S/C22H16N2O3S/c1-4-9-24-19-14(3)10-13(2)11-18(19)28-22(24)23-20(25)16-12-15-7-5-6-8-17(15)27-21(16)26/h1,5-8,10-12H,9H2,2-3H3. The molecule has 2 aromatic heterocycles. The van der Waals surface area contributed by atoms with Crippen LogP contribution in [0.4, 0.5) is 0 Å². The predicted octanol–water partition coefficient (Wildman–Crippen LogP) is 3.80. The number of rotatable bonds is 2. The van der Waals surface area contributed by atoms with Gasteiger partial charge in [0.2, 0.25) is 0 Å². The fourth-order valence-electron chi connectivity index (χ4n) is 3.27. The topological polar surface area (TPSA) is 64.6 Å². The molecule has 6 heteroatoms. The molecule has 0 unspecified atom stereocenters. The number of aryl methyl sites for hydroxylation is 2. The number of fused-ring (bicyclic) bond motifs is 2. The Balaban J connectivity index is 1.93. The van der Waals surface area contributed by atoms with Gasteiger partial charge in [-0.25, -0.2) is 4.79 Å². The molecule has 0 saturated heterocycles. The van der Waals surface area contributed by atoms with Gasteiger partial charge < -0.3 is 8.98 Å². The zero-order valence-corrected chi connectivity index (χ0v) is 16.2. The van der Waals surface area contributed by atoms with E-state index < -0.39 is 11.5 Å². The largest absolute Gasteiger partial charge is 0.422 e. The predicted molar refractivity (Wildman–Crippen MR) is 110 cm³/mol. The molecule has 2 heterocycles. The molecule has 0 aliphatic carbocycles. The molecule has 0 saturated carbocycles. The number of carbonyl (C=O) groups is 1. The van der Waals surface area contributed by atoms with Gasteiger partial charge in [-0.05, 0) is 43.2 Å². The summed E-state index contributed by atoms with van der Waals surface area (Å²) in [5.74, 6) is 1.96. The molecule has 0 aliphatic rings. The van der Waals surface area contributed by atoms with Gasteiger partial charge in [0.15, 0.2) is 4.80 Å². The molecule has 2 aromatic carbocycles. The highest BCUT2D eigenvalue weighted by Gasteiger charge is 2.15. The van der Waals surface area contributed by atoms with Crippen molar-refractivity contribution in [3.8, 4) is 12.3 Å². The van der Waals surface area contributed by atoms with Crippen molar-refractivity contribution >= 4 is 38.4 Å². The van der Waals surface area contributed by atoms with E-state index in [0.29, 0.717) is 15.8 Å². The number of terminal acetylenes is 1. The number of aromatic nitrogens is 1. The average molecular weight is 388 g/mol. The minimum atomic E-state index is -0.705. The van der Waals surface area contributed by atoms with Crippen molar-refractivity contribution in [1.29, 1.82) is 0 Å². The lowest BCUT2D eigenvalue weighted by Gasteiger charge is -2.04. The molecule has 5 nitrogen and oxygen atoms in total. The van der Waals surface area contributed by atoms with Crippen molar-refractivity contribution < 1.29 is 9.21 Å². The number of amides is 1. The molecule has 138 valence electrons. The van der Waals surface area contributed by atoms with E-state index in [-0.39, 0.29) is 12.1 Å². The van der Waals surface area contributed by atoms with Crippen LogP contribution in [-0.4, -0.2) is 10.5 Å². The van der Waals surface area contributed by atoms with Crippen molar-refractivity contribution in [2.45, 2.75) is 20.4 Å². The fraction of sp³-hybridized carbons (Fsp3) is 0.136. The maximum absolute atomic E-state index is 12.8. The lowest BCUT2D eigenvalue weighted by molar-refractivity contribution is 0.0994. The Labute approximate surface area is 164 Å². The lowest BCUT2D eigenvalue weighted by atomic mass is 10.1. The minimum absolute atomic E-state index is 0.101. The van der Waals surface area contributed by atoms with Gasteiger partial charge in [0.1, 0.15) is 11.1 Å². The molecule has 0 aliphatic heterocycles. The lowest BCUT2D eigenvalue weighted by Crippen LogP contribution is -2.19. The van der Waals surface area contributed by atoms with Gasteiger partial charge >= 0.3 is 5.63 Å². The van der Waals surface area contributed by atoms with E-state index in [1.54, 1.807) is 18.2 Å². The molecule has 1 amide bonds. The van der Waals surface area contributed by atoms with Gasteiger partial charge in [-0.3, -0.25) is 4.79 Å². The van der Waals surface area contributed by atoms with Gasteiger partial charge in [0.05, 0.1) is 16.8 Å². The number of para-hydroxylation sites is 1. The molecule has 4 rings (SSSR count). The molecular weight excluding hydrogens is 372 g/mol. The van der Waals surface area contributed by atoms with Crippen LogP contribution in [0.25, 0.3) is 21.2 Å². The third-order valence-electron chi connectivity index (χ3n) is 4.43. The Hall–Kier alpha value is -3.43. The second-order valence-electron chi connectivity index (χ2n) is 6.51. The van der Waals surface area contributed by atoms with Crippen LogP contribution in [0, 0.1) is 26.2 Å². The Morgan fingerprint density at radius 3 is 2.82 bits per heavy atom. The molecule has 0 N–H and O–H groups in total. The van der Waals surface area contributed by atoms with E-state index in [9.17, 15) is 9.59 Å². The van der Waals surface area contributed by atoms with Gasteiger partial charge in [-0.1, -0.05) is 41.5 Å². The highest BCUT2D eigenvalue weighted by molar-refractivity contribution is 7.16. The SMILES string of the molecule is C#CCn1c(=NC(=O)c2cc3ccccc3oc2=O)sc2cc(C)cc(C)c21. The normalized spacial score (nSPS) is 11.8. The molecule has 4 aromatic rings. The Morgan fingerprint density at radius 2 is 2.04 bits per heavy atom. The van der Waals surface area contributed by atoms with Crippen LogP contribution in [-0.2, 0) is 6.54 Å². The molecule has 28 heavy (non-hydrogen) atoms. The molecule has 0 fully saturated rings. The van der Waals surface area contributed by atoms with Crippen molar-refractivity contribution in [2.24, 2.45) is 4.99 Å². The van der Waals surface area contributed by atoms with E-state index in [1.807, 2.05) is 30.5 Å². The molecule has 0 spiro atoms. The highest BCUT2D eigenvalue weighted by atomic mass is 32.1. The first-order valence-corrected chi connectivity index (χ1v) is 9.45. The first-order chi connectivity index (χ1) is 13.5. The van der Waals surface area contributed by atoms with Crippen LogP contribution < -0.4 is 10.4 Å². The van der Waals surface area contributed by atoms with Crippen LogP contribution in [0.1, 0.15) is 21.5 Å². The van der Waals surface area contributed by atoms with Crippen LogP contribution in [0.15, 0.2) is 56.7 Å². The monoisotopic (exact) mass is 388 g/mol. The van der Waals surface area contributed by atoms with Crippen LogP contribution in [0.3, 0.4) is 0 Å². The Kier molecular flexibility index (Phi) is 4.46. The van der Waals surface area contributed by atoms with Crippen LogP contribution >= 0.6 is 11.3 Å². The maximum atomic E-state index is 12.8. The van der Waals surface area contributed by atoms with Crippen molar-refractivity contribution in [3.63, 3.8) is 0 Å². The van der Waals surface area contributed by atoms with Crippen molar-refractivity contribution in [3.05, 3.63) is 74.4 Å². The number of benzene rings is 2. The number of carbonyl (C=O) groups excluding carboxylic acids is 1. The van der Waals surface area contributed by atoms with E-state index >= 15 is 0 Å².